The Bertz CT molecular complexity index is 366. The van der Waals surface area contributed by atoms with Crippen LogP contribution in [0.2, 0.25) is 5.02 Å². The quantitative estimate of drug-likeness (QED) is 0.884. The van der Waals surface area contributed by atoms with Gasteiger partial charge < -0.3 is 5.73 Å². The highest BCUT2D eigenvalue weighted by molar-refractivity contribution is 6.31. The smallest absolute Gasteiger partial charge is 0.0834 e. The van der Waals surface area contributed by atoms with Gasteiger partial charge in [-0.05, 0) is 25.2 Å². The third-order valence-corrected chi connectivity index (χ3v) is 4.22. The fourth-order valence-corrected chi connectivity index (χ4v) is 3.02. The van der Waals surface area contributed by atoms with Gasteiger partial charge in [0.05, 0.1) is 23.0 Å². The standard InChI is InChI=1S/C12H20ClN3/c1-3-16-10(9(13)8-15-16)11(14)12(2)6-4-5-7-12/h8,11H,3-7,14H2,1-2H3. The van der Waals surface area contributed by atoms with Crippen LogP contribution >= 0.6 is 11.6 Å². The summed E-state index contributed by atoms with van der Waals surface area (Å²) >= 11 is 6.20. The molecule has 1 unspecified atom stereocenters. The van der Waals surface area contributed by atoms with Crippen molar-refractivity contribution in [2.75, 3.05) is 0 Å². The molecule has 0 aromatic carbocycles. The van der Waals surface area contributed by atoms with Crippen molar-refractivity contribution >= 4 is 11.6 Å². The number of nitrogens with zero attached hydrogens (tertiary/aromatic N) is 2. The van der Waals surface area contributed by atoms with Gasteiger partial charge in [-0.3, -0.25) is 4.68 Å². The van der Waals surface area contributed by atoms with E-state index in [-0.39, 0.29) is 11.5 Å². The Labute approximate surface area is 102 Å². The molecule has 1 aliphatic carbocycles. The van der Waals surface area contributed by atoms with Crippen LogP contribution in [0.5, 0.6) is 0 Å². The van der Waals surface area contributed by atoms with Crippen LogP contribution in [0.1, 0.15) is 51.3 Å². The molecule has 1 atom stereocenters. The number of halogens is 1. The van der Waals surface area contributed by atoms with Crippen molar-refractivity contribution in [1.29, 1.82) is 0 Å². The van der Waals surface area contributed by atoms with E-state index in [0.29, 0.717) is 5.02 Å². The second kappa shape index (κ2) is 4.38. The van der Waals surface area contributed by atoms with E-state index in [1.165, 1.54) is 25.7 Å². The molecule has 16 heavy (non-hydrogen) atoms. The minimum Gasteiger partial charge on any atom is -0.322 e. The van der Waals surface area contributed by atoms with Gasteiger partial charge in [0.25, 0.3) is 0 Å². The van der Waals surface area contributed by atoms with Gasteiger partial charge in [-0.1, -0.05) is 31.4 Å². The maximum absolute atomic E-state index is 6.41. The topological polar surface area (TPSA) is 43.8 Å². The predicted molar refractivity (Wildman–Crippen MR) is 66.4 cm³/mol. The van der Waals surface area contributed by atoms with E-state index < -0.39 is 0 Å². The molecule has 0 spiro atoms. The minimum absolute atomic E-state index is 0.00458. The van der Waals surface area contributed by atoms with Crippen molar-refractivity contribution in [3.05, 3.63) is 16.9 Å². The summed E-state index contributed by atoms with van der Waals surface area (Å²) in [4.78, 5) is 0. The molecule has 2 rings (SSSR count). The third kappa shape index (κ3) is 1.87. The van der Waals surface area contributed by atoms with Crippen LogP contribution in [0.25, 0.3) is 0 Å². The molecular formula is C12H20ClN3. The molecule has 4 heteroatoms. The fourth-order valence-electron chi connectivity index (χ4n) is 2.76. The van der Waals surface area contributed by atoms with Gasteiger partial charge in [0.15, 0.2) is 0 Å². The van der Waals surface area contributed by atoms with Crippen LogP contribution in [-0.4, -0.2) is 9.78 Å². The zero-order valence-corrected chi connectivity index (χ0v) is 10.8. The van der Waals surface area contributed by atoms with E-state index in [0.717, 1.165) is 12.2 Å². The zero-order chi connectivity index (χ0) is 11.8. The minimum atomic E-state index is 0.00458. The molecule has 1 aromatic heterocycles. The summed E-state index contributed by atoms with van der Waals surface area (Å²) in [7, 11) is 0. The lowest BCUT2D eigenvalue weighted by molar-refractivity contribution is 0.254. The van der Waals surface area contributed by atoms with E-state index in [1.807, 2.05) is 4.68 Å². The molecule has 1 saturated carbocycles. The van der Waals surface area contributed by atoms with Crippen LogP contribution in [-0.2, 0) is 6.54 Å². The summed E-state index contributed by atoms with van der Waals surface area (Å²) in [6.45, 7) is 5.16. The molecule has 0 bridgehead atoms. The first-order valence-corrected chi connectivity index (χ1v) is 6.43. The summed E-state index contributed by atoms with van der Waals surface area (Å²) < 4.78 is 1.93. The van der Waals surface area contributed by atoms with Gasteiger partial charge in [-0.25, -0.2) is 0 Å². The first-order valence-electron chi connectivity index (χ1n) is 6.05. The van der Waals surface area contributed by atoms with Gasteiger partial charge >= 0.3 is 0 Å². The van der Waals surface area contributed by atoms with E-state index in [9.17, 15) is 0 Å². The van der Waals surface area contributed by atoms with Crippen molar-refractivity contribution < 1.29 is 0 Å². The summed E-state index contributed by atoms with van der Waals surface area (Å²) in [6, 6.07) is 0.00458. The van der Waals surface area contributed by atoms with Gasteiger partial charge in [-0.2, -0.15) is 5.10 Å². The number of nitrogens with two attached hydrogens (primary N) is 1. The van der Waals surface area contributed by atoms with Crippen LogP contribution in [0, 0.1) is 5.41 Å². The SMILES string of the molecule is CCn1ncc(Cl)c1C(N)C1(C)CCCC1. The molecule has 1 aliphatic rings. The van der Waals surface area contributed by atoms with Crippen molar-refractivity contribution in [1.82, 2.24) is 9.78 Å². The predicted octanol–water partition coefficient (Wildman–Crippen LogP) is 3.14. The lowest BCUT2D eigenvalue weighted by Gasteiger charge is -2.31. The number of hydrogen-bond donors (Lipinski definition) is 1. The maximum atomic E-state index is 6.41. The monoisotopic (exact) mass is 241 g/mol. The van der Waals surface area contributed by atoms with E-state index >= 15 is 0 Å². The largest absolute Gasteiger partial charge is 0.322 e. The Morgan fingerprint density at radius 2 is 2.19 bits per heavy atom. The van der Waals surface area contributed by atoms with Crippen molar-refractivity contribution in [3.8, 4) is 0 Å². The Morgan fingerprint density at radius 1 is 1.56 bits per heavy atom. The summed E-state index contributed by atoms with van der Waals surface area (Å²) in [5.41, 5.74) is 7.61. The molecule has 0 aliphatic heterocycles. The Kier molecular flexibility index (Phi) is 3.27. The summed E-state index contributed by atoms with van der Waals surface area (Å²) in [5.74, 6) is 0. The maximum Gasteiger partial charge on any atom is 0.0834 e. The van der Waals surface area contributed by atoms with E-state index in [2.05, 4.69) is 18.9 Å². The Hall–Kier alpha value is -0.540. The first kappa shape index (κ1) is 11.9. The Morgan fingerprint density at radius 3 is 2.75 bits per heavy atom. The van der Waals surface area contributed by atoms with Crippen LogP contribution in [0.3, 0.4) is 0 Å². The average molecular weight is 242 g/mol. The molecule has 1 heterocycles. The average Bonchev–Trinajstić information content (AvgIpc) is 2.85. The number of rotatable bonds is 3. The molecule has 0 saturated heterocycles. The van der Waals surface area contributed by atoms with Crippen LogP contribution < -0.4 is 5.73 Å². The lowest BCUT2D eigenvalue weighted by atomic mass is 9.79. The summed E-state index contributed by atoms with van der Waals surface area (Å²) in [5, 5.41) is 4.97. The molecule has 3 nitrogen and oxygen atoms in total. The summed E-state index contributed by atoms with van der Waals surface area (Å²) in [6.07, 6.45) is 6.65. The molecule has 1 aromatic rings. The van der Waals surface area contributed by atoms with Crippen LogP contribution in [0.15, 0.2) is 6.20 Å². The highest BCUT2D eigenvalue weighted by atomic mass is 35.5. The number of aryl methyl sites for hydroxylation is 1. The molecule has 90 valence electrons. The lowest BCUT2D eigenvalue weighted by Crippen LogP contribution is -2.31. The second-order valence-electron chi connectivity index (χ2n) is 5.03. The molecule has 2 N–H and O–H groups in total. The molecule has 0 amide bonds. The van der Waals surface area contributed by atoms with Gasteiger partial charge in [-0.15, -0.1) is 0 Å². The highest BCUT2D eigenvalue weighted by Crippen LogP contribution is 2.47. The molecule has 0 radical (unpaired) electrons. The zero-order valence-electron chi connectivity index (χ0n) is 10.0. The van der Waals surface area contributed by atoms with Crippen LogP contribution in [0.4, 0.5) is 0 Å². The first-order chi connectivity index (χ1) is 7.58. The molecular weight excluding hydrogens is 222 g/mol. The normalized spacial score (nSPS) is 21.2. The van der Waals surface area contributed by atoms with Gasteiger partial charge in [0.1, 0.15) is 0 Å². The van der Waals surface area contributed by atoms with Gasteiger partial charge in [0, 0.05) is 6.54 Å². The third-order valence-electron chi connectivity index (χ3n) is 3.92. The van der Waals surface area contributed by atoms with Gasteiger partial charge in [0.2, 0.25) is 0 Å². The van der Waals surface area contributed by atoms with Crippen molar-refractivity contribution in [3.63, 3.8) is 0 Å². The van der Waals surface area contributed by atoms with Crippen molar-refractivity contribution in [2.24, 2.45) is 11.1 Å². The highest BCUT2D eigenvalue weighted by Gasteiger charge is 2.38. The fraction of sp³-hybridized carbons (Fsp3) is 0.750. The Balaban J connectivity index is 2.32. The van der Waals surface area contributed by atoms with E-state index in [1.54, 1.807) is 6.20 Å². The molecule has 1 fully saturated rings. The second-order valence-corrected chi connectivity index (χ2v) is 5.44. The number of hydrogen-bond acceptors (Lipinski definition) is 2. The van der Waals surface area contributed by atoms with Crippen molar-refractivity contribution in [2.45, 2.75) is 52.1 Å². The number of aromatic nitrogens is 2. The van der Waals surface area contributed by atoms with E-state index in [4.69, 9.17) is 17.3 Å².